The van der Waals surface area contributed by atoms with Crippen LogP contribution in [0.5, 0.6) is 11.5 Å². The van der Waals surface area contributed by atoms with Crippen molar-refractivity contribution in [3.8, 4) is 11.5 Å². The number of anilines is 1. The van der Waals surface area contributed by atoms with Crippen molar-refractivity contribution in [1.29, 1.82) is 0 Å². The van der Waals surface area contributed by atoms with Gasteiger partial charge in [-0.3, -0.25) is 9.88 Å². The van der Waals surface area contributed by atoms with E-state index in [1.807, 2.05) is 6.07 Å². The quantitative estimate of drug-likeness (QED) is 0.119. The van der Waals surface area contributed by atoms with E-state index < -0.39 is 36.5 Å². The highest BCUT2D eigenvalue weighted by Crippen LogP contribution is 2.39. The lowest BCUT2D eigenvalue weighted by molar-refractivity contribution is -0.159. The van der Waals surface area contributed by atoms with Crippen molar-refractivity contribution < 1.29 is 41.7 Å². The Morgan fingerprint density at radius 3 is 2.30 bits per heavy atom. The van der Waals surface area contributed by atoms with E-state index in [0.29, 0.717) is 35.8 Å². The van der Waals surface area contributed by atoms with Crippen LogP contribution in [0.25, 0.3) is 0 Å². The van der Waals surface area contributed by atoms with Gasteiger partial charge in [-0.05, 0) is 97.6 Å². The summed E-state index contributed by atoms with van der Waals surface area (Å²) in [6.45, 7) is -0.134. The molecule has 1 aliphatic carbocycles. The van der Waals surface area contributed by atoms with Gasteiger partial charge in [0, 0.05) is 25.4 Å². The molecule has 4 fully saturated rings. The number of fused-ring (bicyclic) bond motifs is 3. The van der Waals surface area contributed by atoms with Crippen LogP contribution in [0.15, 0.2) is 79.1 Å². The van der Waals surface area contributed by atoms with Crippen molar-refractivity contribution in [2.75, 3.05) is 31.6 Å². The second-order valence-electron chi connectivity index (χ2n) is 13.8. The van der Waals surface area contributed by atoms with Crippen LogP contribution >= 0.6 is 23.2 Å². The van der Waals surface area contributed by atoms with Crippen molar-refractivity contribution in [3.05, 3.63) is 117 Å². The molecule has 4 aliphatic rings. The predicted molar refractivity (Wildman–Crippen MR) is 196 cm³/mol. The first-order valence-corrected chi connectivity index (χ1v) is 18.6. The fourth-order valence-electron chi connectivity index (χ4n) is 6.87. The lowest BCUT2D eigenvalue weighted by atomic mass is 9.86. The Kier molecular flexibility index (Phi) is 11.8. The Morgan fingerprint density at radius 2 is 1.65 bits per heavy atom. The zero-order valence-electron chi connectivity index (χ0n) is 29.1. The van der Waals surface area contributed by atoms with Crippen molar-refractivity contribution in [2.45, 2.75) is 57.0 Å². The highest BCUT2D eigenvalue weighted by Gasteiger charge is 2.38. The summed E-state index contributed by atoms with van der Waals surface area (Å²) in [5.74, 6) is -1.74. The first-order chi connectivity index (χ1) is 26.1. The molecule has 54 heavy (non-hydrogen) atoms. The molecular weight excluding hydrogens is 746 g/mol. The van der Waals surface area contributed by atoms with Crippen molar-refractivity contribution in [2.24, 2.45) is 11.8 Å². The summed E-state index contributed by atoms with van der Waals surface area (Å²) in [7, 11) is 0. The zero-order valence-corrected chi connectivity index (χ0v) is 30.6. The van der Waals surface area contributed by atoms with Gasteiger partial charge in [-0.1, -0.05) is 59.6 Å². The van der Waals surface area contributed by atoms with Crippen LogP contribution in [0, 0.1) is 17.7 Å². The number of rotatable bonds is 15. The fourth-order valence-corrected chi connectivity index (χ4v) is 7.39. The average molecular weight is 785 g/mol. The lowest BCUT2D eigenvalue weighted by Gasteiger charge is -2.44. The van der Waals surface area contributed by atoms with Crippen LogP contribution < -0.4 is 14.8 Å². The summed E-state index contributed by atoms with van der Waals surface area (Å²) < 4.78 is 64.8. The van der Waals surface area contributed by atoms with Gasteiger partial charge in [-0.2, -0.15) is 8.78 Å². The van der Waals surface area contributed by atoms with Crippen molar-refractivity contribution in [3.63, 3.8) is 0 Å². The molecule has 284 valence electrons. The molecule has 3 atom stereocenters. The van der Waals surface area contributed by atoms with Gasteiger partial charge in [0.05, 0.1) is 27.9 Å². The average Bonchev–Trinajstić information content (AvgIpc) is 4.00. The molecule has 9 nitrogen and oxygen atoms in total. The SMILES string of the molecule is O=C(O[C@@H](Cc1c(Cl)cncc1Cl)c1ccc(OC(F)F)c(OCC2CC2)c1)c1ccc(NC(C(=O)O[C@H]2CN3CCC2CC3)c2ccccc2)c(F)c1. The Bertz CT molecular complexity index is 1940. The number of piperidine rings is 3. The second kappa shape index (κ2) is 16.9. The molecule has 4 aromatic rings. The second-order valence-corrected chi connectivity index (χ2v) is 14.6. The standard InChI is InChI=1S/C40H38Cl2F3N3O6/c41-29-19-46-20-30(42)28(29)18-34(26-9-11-33(54-40(44)45)35(17-26)51-22-23-6-7-23)52-38(49)27-8-10-32(31(43)16-27)47-37(25-4-2-1-3-5-25)39(50)53-36-21-48-14-12-24(36)13-15-48/h1-5,8-11,16-17,19-20,23-24,34,36-37,40,47H,6-7,12-15,18,21-22H2/t34-,36-,37?/m0/s1. The van der Waals surface area contributed by atoms with E-state index in [4.69, 9.17) is 37.4 Å². The smallest absolute Gasteiger partial charge is 0.387 e. The minimum atomic E-state index is -3.09. The van der Waals surface area contributed by atoms with E-state index in [2.05, 4.69) is 19.9 Å². The maximum absolute atomic E-state index is 15.8. The highest BCUT2D eigenvalue weighted by molar-refractivity contribution is 6.35. The summed E-state index contributed by atoms with van der Waals surface area (Å²) in [6, 6.07) is 15.9. The summed E-state index contributed by atoms with van der Waals surface area (Å²) in [4.78, 5) is 33.6. The summed E-state index contributed by atoms with van der Waals surface area (Å²) in [6.07, 6.45) is 5.28. The first kappa shape index (κ1) is 37.8. The molecule has 0 spiro atoms. The van der Waals surface area contributed by atoms with Crippen LogP contribution in [-0.4, -0.2) is 60.8 Å². The topological polar surface area (TPSA) is 99.2 Å². The molecule has 1 aromatic heterocycles. The van der Waals surface area contributed by atoms with E-state index in [-0.39, 0.29) is 51.2 Å². The molecule has 14 heteroatoms. The number of nitrogens with zero attached hydrogens (tertiary/aromatic N) is 2. The van der Waals surface area contributed by atoms with Gasteiger partial charge >= 0.3 is 18.6 Å². The highest BCUT2D eigenvalue weighted by atomic mass is 35.5. The molecule has 1 saturated carbocycles. The monoisotopic (exact) mass is 783 g/mol. The third-order valence-corrected chi connectivity index (χ3v) is 10.7. The largest absolute Gasteiger partial charge is 0.489 e. The van der Waals surface area contributed by atoms with Gasteiger partial charge in [0.1, 0.15) is 18.0 Å². The predicted octanol–water partition coefficient (Wildman–Crippen LogP) is 8.85. The Morgan fingerprint density at radius 1 is 0.907 bits per heavy atom. The maximum Gasteiger partial charge on any atom is 0.387 e. The van der Waals surface area contributed by atoms with Crippen LogP contribution in [0.3, 0.4) is 0 Å². The number of alkyl halides is 2. The third-order valence-electron chi connectivity index (χ3n) is 10.1. The fraction of sp³-hybridized carbons (Fsp3) is 0.375. The van der Waals surface area contributed by atoms with Gasteiger partial charge < -0.3 is 24.3 Å². The van der Waals surface area contributed by atoms with Gasteiger partial charge in [-0.25, -0.2) is 14.0 Å². The lowest BCUT2D eigenvalue weighted by Crippen LogP contribution is -2.52. The zero-order chi connectivity index (χ0) is 37.8. The Hall–Kier alpha value is -4.52. The number of hydrogen-bond donors (Lipinski definition) is 1. The molecule has 1 N–H and O–H groups in total. The van der Waals surface area contributed by atoms with Crippen LogP contribution in [0.2, 0.25) is 10.0 Å². The van der Waals surface area contributed by atoms with Crippen LogP contribution in [-0.2, 0) is 20.7 Å². The van der Waals surface area contributed by atoms with Gasteiger partial charge in [-0.15, -0.1) is 0 Å². The van der Waals surface area contributed by atoms with E-state index in [1.165, 1.54) is 42.7 Å². The van der Waals surface area contributed by atoms with Crippen molar-refractivity contribution in [1.82, 2.24) is 9.88 Å². The molecule has 3 saturated heterocycles. The van der Waals surface area contributed by atoms with E-state index in [0.717, 1.165) is 44.8 Å². The van der Waals surface area contributed by atoms with E-state index in [1.54, 1.807) is 24.3 Å². The van der Waals surface area contributed by atoms with E-state index >= 15 is 4.39 Å². The molecule has 8 rings (SSSR count). The number of benzene rings is 3. The summed E-state index contributed by atoms with van der Waals surface area (Å²) in [5.41, 5.74) is 1.23. The van der Waals surface area contributed by atoms with Crippen molar-refractivity contribution >= 4 is 40.8 Å². The molecule has 4 heterocycles. The number of carbonyl (C=O) groups excluding carboxylic acids is 2. The van der Waals surface area contributed by atoms with Gasteiger partial charge in [0.25, 0.3) is 0 Å². The Labute approximate surface area is 320 Å². The maximum atomic E-state index is 15.8. The summed E-state index contributed by atoms with van der Waals surface area (Å²) in [5, 5.41) is 3.43. The number of ether oxygens (including phenoxy) is 4. The number of pyridine rings is 1. The van der Waals surface area contributed by atoms with Gasteiger partial charge in [0.2, 0.25) is 0 Å². The molecule has 3 aromatic carbocycles. The first-order valence-electron chi connectivity index (χ1n) is 17.9. The number of hydrogen-bond acceptors (Lipinski definition) is 9. The molecule has 3 aliphatic heterocycles. The van der Waals surface area contributed by atoms with E-state index in [9.17, 15) is 18.4 Å². The molecule has 0 amide bonds. The molecule has 2 bridgehead atoms. The Balaban J connectivity index is 1.12. The molecule has 1 unspecified atom stereocenters. The minimum absolute atomic E-state index is 0.0229. The number of carbonyl (C=O) groups is 2. The molecule has 0 radical (unpaired) electrons. The third kappa shape index (κ3) is 9.22. The number of aromatic nitrogens is 1. The van der Waals surface area contributed by atoms with Crippen LogP contribution in [0.1, 0.15) is 64.9 Å². The number of halogens is 5. The van der Waals surface area contributed by atoms with Crippen LogP contribution in [0.4, 0.5) is 18.9 Å². The molecular formula is C40H38Cl2F3N3O6. The van der Waals surface area contributed by atoms with Gasteiger partial charge in [0.15, 0.2) is 17.5 Å². The number of nitrogens with one attached hydrogen (secondary N) is 1. The summed E-state index contributed by atoms with van der Waals surface area (Å²) >= 11 is 12.9. The number of esters is 2. The minimum Gasteiger partial charge on any atom is -0.489 e. The normalized spacial score (nSPS) is 20.2.